The topological polar surface area (TPSA) is 47.0 Å². The SMILES string of the molecule is CCCc1nc(C2CCCOC2)nc(NCC)c1I. The Labute approximate surface area is 128 Å². The Morgan fingerprint density at radius 1 is 1.37 bits per heavy atom. The van der Waals surface area contributed by atoms with Gasteiger partial charge in [0.25, 0.3) is 0 Å². The van der Waals surface area contributed by atoms with Gasteiger partial charge < -0.3 is 10.1 Å². The van der Waals surface area contributed by atoms with E-state index >= 15 is 0 Å². The third-order valence-corrected chi connectivity index (χ3v) is 4.43. The smallest absolute Gasteiger partial charge is 0.143 e. The number of halogens is 1. The van der Waals surface area contributed by atoms with Crippen LogP contribution in [0.3, 0.4) is 0 Å². The van der Waals surface area contributed by atoms with Crippen molar-refractivity contribution >= 4 is 28.4 Å². The van der Waals surface area contributed by atoms with Crippen LogP contribution in [0.4, 0.5) is 5.82 Å². The molecule has 0 saturated carbocycles. The van der Waals surface area contributed by atoms with Gasteiger partial charge in [0.1, 0.15) is 11.6 Å². The van der Waals surface area contributed by atoms with Gasteiger partial charge >= 0.3 is 0 Å². The number of rotatable bonds is 5. The zero-order valence-corrected chi connectivity index (χ0v) is 13.9. The molecule has 0 aromatic carbocycles. The van der Waals surface area contributed by atoms with Crippen molar-refractivity contribution in [1.29, 1.82) is 0 Å². The Bertz CT molecular complexity index is 392. The van der Waals surface area contributed by atoms with Crippen molar-refractivity contribution in [3.05, 3.63) is 15.1 Å². The lowest BCUT2D eigenvalue weighted by Gasteiger charge is -2.22. The van der Waals surface area contributed by atoms with Crippen molar-refractivity contribution in [1.82, 2.24) is 9.97 Å². The lowest BCUT2D eigenvalue weighted by atomic mass is 10.0. The van der Waals surface area contributed by atoms with Gasteiger partial charge in [0.2, 0.25) is 0 Å². The maximum atomic E-state index is 5.56. The highest BCUT2D eigenvalue weighted by atomic mass is 127. The molecule has 0 amide bonds. The lowest BCUT2D eigenvalue weighted by Crippen LogP contribution is -2.20. The van der Waals surface area contributed by atoms with Crippen molar-refractivity contribution in [3.8, 4) is 0 Å². The zero-order valence-electron chi connectivity index (χ0n) is 11.7. The molecule has 1 fully saturated rings. The highest BCUT2D eigenvalue weighted by molar-refractivity contribution is 14.1. The standard InChI is InChI=1S/C14H22IN3O/c1-3-6-11-12(15)14(16-4-2)18-13(17-11)10-7-5-8-19-9-10/h10H,3-9H2,1-2H3,(H,16,17,18). The molecule has 5 heteroatoms. The molecular weight excluding hydrogens is 353 g/mol. The van der Waals surface area contributed by atoms with Crippen molar-refractivity contribution in [2.45, 2.75) is 45.4 Å². The fourth-order valence-corrected chi connectivity index (χ4v) is 3.03. The predicted molar refractivity (Wildman–Crippen MR) is 85.7 cm³/mol. The third kappa shape index (κ3) is 3.78. The van der Waals surface area contributed by atoms with E-state index in [1.165, 1.54) is 9.26 Å². The van der Waals surface area contributed by atoms with Crippen LogP contribution in [0.1, 0.15) is 50.5 Å². The minimum Gasteiger partial charge on any atom is -0.381 e. The summed E-state index contributed by atoms with van der Waals surface area (Å²) >= 11 is 2.36. The second-order valence-electron chi connectivity index (χ2n) is 4.89. The minimum absolute atomic E-state index is 0.360. The second kappa shape index (κ2) is 7.38. The molecule has 0 radical (unpaired) electrons. The van der Waals surface area contributed by atoms with Crippen LogP contribution in [0.15, 0.2) is 0 Å². The molecular formula is C14H22IN3O. The van der Waals surface area contributed by atoms with Gasteiger partial charge in [-0.1, -0.05) is 13.3 Å². The van der Waals surface area contributed by atoms with Crippen LogP contribution < -0.4 is 5.32 Å². The summed E-state index contributed by atoms with van der Waals surface area (Å²) in [7, 11) is 0. The summed E-state index contributed by atoms with van der Waals surface area (Å²) in [6, 6.07) is 0. The van der Waals surface area contributed by atoms with E-state index in [9.17, 15) is 0 Å². The highest BCUT2D eigenvalue weighted by Gasteiger charge is 2.21. The van der Waals surface area contributed by atoms with Crippen LogP contribution in [-0.4, -0.2) is 29.7 Å². The van der Waals surface area contributed by atoms with Crippen LogP contribution in [0.25, 0.3) is 0 Å². The van der Waals surface area contributed by atoms with Crippen LogP contribution in [0, 0.1) is 3.57 Å². The van der Waals surface area contributed by atoms with Gasteiger partial charge in [-0.05, 0) is 48.8 Å². The minimum atomic E-state index is 0.360. The first-order valence-corrected chi connectivity index (χ1v) is 8.22. The molecule has 0 bridgehead atoms. The van der Waals surface area contributed by atoms with Crippen molar-refractivity contribution in [3.63, 3.8) is 0 Å². The lowest BCUT2D eigenvalue weighted by molar-refractivity contribution is 0.0780. The number of hydrogen-bond donors (Lipinski definition) is 1. The number of aromatic nitrogens is 2. The van der Waals surface area contributed by atoms with Gasteiger partial charge in [-0.3, -0.25) is 0 Å². The number of hydrogen-bond acceptors (Lipinski definition) is 4. The quantitative estimate of drug-likeness (QED) is 0.802. The Hall–Kier alpha value is -0.430. The van der Waals surface area contributed by atoms with E-state index in [1.807, 2.05) is 0 Å². The van der Waals surface area contributed by atoms with E-state index in [2.05, 4.69) is 41.8 Å². The number of ether oxygens (including phenoxy) is 1. The molecule has 0 aliphatic carbocycles. The van der Waals surface area contributed by atoms with E-state index in [4.69, 9.17) is 14.7 Å². The second-order valence-corrected chi connectivity index (χ2v) is 5.96. The molecule has 1 unspecified atom stereocenters. The molecule has 19 heavy (non-hydrogen) atoms. The molecule has 1 aromatic heterocycles. The Kier molecular flexibility index (Phi) is 5.81. The summed E-state index contributed by atoms with van der Waals surface area (Å²) in [4.78, 5) is 9.51. The van der Waals surface area contributed by atoms with Gasteiger partial charge in [-0.25, -0.2) is 9.97 Å². The van der Waals surface area contributed by atoms with Gasteiger partial charge in [-0.15, -0.1) is 0 Å². The number of aryl methyl sites for hydroxylation is 1. The van der Waals surface area contributed by atoms with Crippen LogP contribution >= 0.6 is 22.6 Å². The average Bonchev–Trinajstić information content (AvgIpc) is 2.44. The zero-order chi connectivity index (χ0) is 13.7. The monoisotopic (exact) mass is 375 g/mol. The summed E-state index contributed by atoms with van der Waals surface area (Å²) in [6.45, 7) is 6.81. The first kappa shape index (κ1) is 15.0. The molecule has 1 aliphatic heterocycles. The van der Waals surface area contributed by atoms with E-state index in [0.717, 1.165) is 57.1 Å². The molecule has 0 spiro atoms. The molecule has 1 aliphatic rings. The first-order valence-electron chi connectivity index (χ1n) is 7.14. The molecule has 4 nitrogen and oxygen atoms in total. The van der Waals surface area contributed by atoms with Crippen molar-refractivity contribution < 1.29 is 4.74 Å². The molecule has 1 atom stereocenters. The fraction of sp³-hybridized carbons (Fsp3) is 0.714. The van der Waals surface area contributed by atoms with Gasteiger partial charge in [0.15, 0.2) is 0 Å². The molecule has 106 valence electrons. The molecule has 1 N–H and O–H groups in total. The summed E-state index contributed by atoms with van der Waals surface area (Å²) < 4.78 is 6.73. The number of nitrogens with one attached hydrogen (secondary N) is 1. The number of anilines is 1. The van der Waals surface area contributed by atoms with E-state index < -0.39 is 0 Å². The maximum Gasteiger partial charge on any atom is 0.143 e. The normalized spacial score (nSPS) is 19.4. The van der Waals surface area contributed by atoms with E-state index in [-0.39, 0.29) is 0 Å². The molecule has 2 rings (SSSR count). The van der Waals surface area contributed by atoms with Crippen LogP contribution in [-0.2, 0) is 11.2 Å². The molecule has 1 saturated heterocycles. The van der Waals surface area contributed by atoms with Gasteiger partial charge in [-0.2, -0.15) is 0 Å². The largest absolute Gasteiger partial charge is 0.381 e. The molecule has 1 aromatic rings. The Morgan fingerprint density at radius 3 is 2.84 bits per heavy atom. The van der Waals surface area contributed by atoms with Crippen LogP contribution in [0.5, 0.6) is 0 Å². The molecule has 2 heterocycles. The van der Waals surface area contributed by atoms with E-state index in [0.29, 0.717) is 5.92 Å². The van der Waals surface area contributed by atoms with Crippen molar-refractivity contribution in [2.75, 3.05) is 25.1 Å². The summed E-state index contributed by atoms with van der Waals surface area (Å²) in [5.41, 5.74) is 1.18. The Balaban J connectivity index is 2.30. The van der Waals surface area contributed by atoms with Crippen LogP contribution in [0.2, 0.25) is 0 Å². The summed E-state index contributed by atoms with van der Waals surface area (Å²) in [5.74, 6) is 2.31. The predicted octanol–water partition coefficient (Wildman–Crippen LogP) is 3.36. The van der Waals surface area contributed by atoms with Gasteiger partial charge in [0, 0.05) is 19.1 Å². The number of nitrogens with zero attached hydrogens (tertiary/aromatic N) is 2. The van der Waals surface area contributed by atoms with E-state index in [1.54, 1.807) is 0 Å². The average molecular weight is 375 g/mol. The maximum absolute atomic E-state index is 5.56. The van der Waals surface area contributed by atoms with Crippen molar-refractivity contribution in [2.24, 2.45) is 0 Å². The Morgan fingerprint density at radius 2 is 2.21 bits per heavy atom. The van der Waals surface area contributed by atoms with Gasteiger partial charge in [0.05, 0.1) is 15.9 Å². The third-order valence-electron chi connectivity index (χ3n) is 3.29. The summed E-state index contributed by atoms with van der Waals surface area (Å²) in [5, 5.41) is 3.35. The fourth-order valence-electron chi connectivity index (χ4n) is 2.33. The summed E-state index contributed by atoms with van der Waals surface area (Å²) in [6.07, 6.45) is 4.37. The highest BCUT2D eigenvalue weighted by Crippen LogP contribution is 2.27. The first-order chi connectivity index (χ1) is 9.26.